The van der Waals surface area contributed by atoms with Crippen LogP contribution in [-0.2, 0) is 14.3 Å². The maximum Gasteiger partial charge on any atom is 0.307 e. The molecule has 0 saturated heterocycles. The van der Waals surface area contributed by atoms with Crippen molar-refractivity contribution < 1.29 is 23.6 Å². The van der Waals surface area contributed by atoms with Crippen LogP contribution in [0.2, 0.25) is 0 Å². The Morgan fingerprint density at radius 2 is 1.91 bits per heavy atom. The van der Waals surface area contributed by atoms with Crippen molar-refractivity contribution in [3.05, 3.63) is 42.2 Å². The molecule has 3 rings (SSSR count). The number of carbonyl (C=O) groups excluding carboxylic acids is 2. The molecule has 0 bridgehead atoms. The Bertz CT molecular complexity index is 1110. The minimum Gasteiger partial charge on any atom is -0.460 e. The van der Waals surface area contributed by atoms with E-state index in [2.05, 4.69) is 15.5 Å². The Morgan fingerprint density at radius 1 is 1.15 bits per heavy atom. The van der Waals surface area contributed by atoms with Crippen molar-refractivity contribution >= 4 is 28.5 Å². The third-order valence-electron chi connectivity index (χ3n) is 4.95. The fourth-order valence-corrected chi connectivity index (χ4v) is 3.34. The molecule has 3 aromatic rings. The molecule has 8 nitrogen and oxygen atoms in total. The fourth-order valence-electron chi connectivity index (χ4n) is 3.34. The molecule has 0 aliphatic heterocycles. The molecule has 0 radical (unpaired) electrons. The minimum atomic E-state index is -0.585. The van der Waals surface area contributed by atoms with E-state index in [4.69, 9.17) is 14.0 Å². The van der Waals surface area contributed by atoms with E-state index < -0.39 is 17.5 Å². The second kappa shape index (κ2) is 10.0. The number of esters is 1. The summed E-state index contributed by atoms with van der Waals surface area (Å²) >= 11 is 0. The van der Waals surface area contributed by atoms with Crippen molar-refractivity contribution in [1.82, 2.24) is 10.1 Å². The van der Waals surface area contributed by atoms with E-state index in [0.29, 0.717) is 29.3 Å². The summed E-state index contributed by atoms with van der Waals surface area (Å²) in [5.74, 6) is 0.0113. The van der Waals surface area contributed by atoms with Gasteiger partial charge in [-0.05, 0) is 51.3 Å². The van der Waals surface area contributed by atoms with E-state index in [9.17, 15) is 9.59 Å². The number of aromatic nitrogens is 2. The first-order valence-electron chi connectivity index (χ1n) is 11.1. The molecule has 0 aliphatic carbocycles. The van der Waals surface area contributed by atoms with E-state index in [0.717, 1.165) is 11.1 Å². The number of nitrogens with zero attached hydrogens (tertiary/aromatic N) is 2. The van der Waals surface area contributed by atoms with Gasteiger partial charge in [0.1, 0.15) is 11.4 Å². The Kier molecular flexibility index (Phi) is 7.36. The minimum absolute atomic E-state index is 0.0230. The van der Waals surface area contributed by atoms with Crippen LogP contribution in [0.25, 0.3) is 11.0 Å². The lowest BCUT2D eigenvalue weighted by Crippen LogP contribution is -2.29. The maximum atomic E-state index is 12.6. The van der Waals surface area contributed by atoms with Gasteiger partial charge in [0.15, 0.2) is 5.58 Å². The Hall–Kier alpha value is -3.42. The quantitative estimate of drug-likeness (QED) is 0.428. The van der Waals surface area contributed by atoms with Crippen LogP contribution >= 0.6 is 0 Å². The molecular weight excluding hydrogens is 422 g/mol. The maximum absolute atomic E-state index is 12.6. The summed E-state index contributed by atoms with van der Waals surface area (Å²) in [6, 6.07) is 8.89. The zero-order chi connectivity index (χ0) is 24.2. The highest BCUT2D eigenvalue weighted by atomic mass is 16.6. The van der Waals surface area contributed by atoms with E-state index in [1.165, 1.54) is 6.20 Å². The second-order valence-electron chi connectivity index (χ2n) is 9.22. The van der Waals surface area contributed by atoms with Crippen LogP contribution < -0.4 is 10.1 Å². The van der Waals surface area contributed by atoms with Crippen LogP contribution in [0.4, 0.5) is 5.69 Å². The Labute approximate surface area is 193 Å². The molecule has 8 heteroatoms. The summed E-state index contributed by atoms with van der Waals surface area (Å²) in [5, 5.41) is 7.78. The van der Waals surface area contributed by atoms with E-state index in [1.807, 2.05) is 39.0 Å². The largest absolute Gasteiger partial charge is 0.460 e. The van der Waals surface area contributed by atoms with Crippen molar-refractivity contribution in [2.45, 2.75) is 65.9 Å². The van der Waals surface area contributed by atoms with Gasteiger partial charge >= 0.3 is 5.97 Å². The van der Waals surface area contributed by atoms with Crippen molar-refractivity contribution in [1.29, 1.82) is 0 Å². The van der Waals surface area contributed by atoms with Gasteiger partial charge in [-0.2, -0.15) is 0 Å². The monoisotopic (exact) mass is 453 g/mol. The van der Waals surface area contributed by atoms with Crippen LogP contribution in [-0.4, -0.2) is 27.6 Å². The number of ether oxygens (including phenoxy) is 2. The summed E-state index contributed by atoms with van der Waals surface area (Å²) in [7, 11) is 0. The first-order chi connectivity index (χ1) is 15.6. The lowest BCUT2D eigenvalue weighted by atomic mass is 10.0. The summed E-state index contributed by atoms with van der Waals surface area (Å²) < 4.78 is 16.7. The third kappa shape index (κ3) is 6.31. The lowest BCUT2D eigenvalue weighted by molar-refractivity contribution is -0.157. The van der Waals surface area contributed by atoms with Crippen LogP contribution in [0.1, 0.15) is 66.0 Å². The molecular formula is C25H31N3O5. The zero-order valence-corrected chi connectivity index (χ0v) is 20.0. The number of fused-ring (bicyclic) bond motifs is 1. The smallest absolute Gasteiger partial charge is 0.307 e. The summed E-state index contributed by atoms with van der Waals surface area (Å²) in [6.07, 6.45) is 2.06. The zero-order valence-electron chi connectivity index (χ0n) is 20.0. The highest BCUT2D eigenvalue weighted by Gasteiger charge is 2.24. The normalized spacial score (nSPS) is 12.6. The average Bonchev–Trinajstić information content (AvgIpc) is 3.17. The number of rotatable bonds is 8. The number of amides is 1. The van der Waals surface area contributed by atoms with Crippen LogP contribution in [0.15, 0.2) is 41.1 Å². The third-order valence-corrected chi connectivity index (χ3v) is 4.95. The molecule has 1 atom stereocenters. The molecule has 1 N–H and O–H groups in total. The van der Waals surface area contributed by atoms with Crippen molar-refractivity contribution in [3.8, 4) is 11.6 Å². The van der Waals surface area contributed by atoms with Gasteiger partial charge in [0.25, 0.3) is 0 Å². The number of carbonyl (C=O) groups is 2. The van der Waals surface area contributed by atoms with Gasteiger partial charge in [0.05, 0.1) is 29.4 Å². The van der Waals surface area contributed by atoms with Crippen molar-refractivity contribution in [3.63, 3.8) is 0 Å². The van der Waals surface area contributed by atoms with E-state index in [-0.39, 0.29) is 18.2 Å². The van der Waals surface area contributed by atoms with Crippen LogP contribution in [0, 0.1) is 5.92 Å². The van der Waals surface area contributed by atoms with Gasteiger partial charge in [-0.15, -0.1) is 0 Å². The lowest BCUT2D eigenvalue weighted by Gasteiger charge is -2.21. The molecule has 0 aliphatic rings. The van der Waals surface area contributed by atoms with Gasteiger partial charge in [-0.1, -0.05) is 32.0 Å². The number of benzene rings is 1. The molecule has 33 heavy (non-hydrogen) atoms. The standard InChI is InChI=1S/C25H31N3O5/c1-7-16(13-21(29)32-25(4,5)6)24(30)27-17-11-12-20(26-14-17)31-18-9-8-10-19-22(18)23(15(2)3)28-33-19/h8-12,14-16H,7,13H2,1-6H3,(H,27,30)/t16-/m0/s1. The fraction of sp³-hybridized carbons (Fsp3) is 0.440. The molecule has 2 aromatic heterocycles. The highest BCUT2D eigenvalue weighted by molar-refractivity contribution is 5.94. The molecule has 176 valence electrons. The molecule has 1 amide bonds. The number of hydrogen-bond acceptors (Lipinski definition) is 7. The van der Waals surface area contributed by atoms with Crippen molar-refractivity contribution in [2.24, 2.45) is 5.92 Å². The van der Waals surface area contributed by atoms with Crippen LogP contribution in [0.5, 0.6) is 11.6 Å². The molecule has 0 unspecified atom stereocenters. The molecule has 0 spiro atoms. The first kappa shape index (κ1) is 24.2. The Morgan fingerprint density at radius 3 is 2.52 bits per heavy atom. The second-order valence-corrected chi connectivity index (χ2v) is 9.22. The average molecular weight is 454 g/mol. The number of nitrogens with one attached hydrogen (secondary N) is 1. The first-order valence-corrected chi connectivity index (χ1v) is 11.1. The summed E-state index contributed by atoms with van der Waals surface area (Å²) in [6.45, 7) is 11.3. The SMILES string of the molecule is CC[C@@H](CC(=O)OC(C)(C)C)C(=O)Nc1ccc(Oc2cccc3onc(C(C)C)c23)nc1. The predicted molar refractivity (Wildman–Crippen MR) is 125 cm³/mol. The van der Waals surface area contributed by atoms with Crippen LogP contribution in [0.3, 0.4) is 0 Å². The van der Waals surface area contributed by atoms with Gasteiger partial charge in [0.2, 0.25) is 11.8 Å². The molecule has 0 fully saturated rings. The highest BCUT2D eigenvalue weighted by Crippen LogP contribution is 2.35. The van der Waals surface area contributed by atoms with E-state index >= 15 is 0 Å². The van der Waals surface area contributed by atoms with Crippen molar-refractivity contribution in [2.75, 3.05) is 5.32 Å². The van der Waals surface area contributed by atoms with Gasteiger partial charge in [0, 0.05) is 12.0 Å². The number of anilines is 1. The number of pyridine rings is 1. The van der Waals surface area contributed by atoms with Gasteiger partial charge in [-0.3, -0.25) is 9.59 Å². The summed E-state index contributed by atoms with van der Waals surface area (Å²) in [4.78, 5) is 29.1. The van der Waals surface area contributed by atoms with Gasteiger partial charge < -0.3 is 19.3 Å². The van der Waals surface area contributed by atoms with E-state index in [1.54, 1.807) is 32.9 Å². The molecule has 2 heterocycles. The van der Waals surface area contributed by atoms with Gasteiger partial charge in [-0.25, -0.2) is 4.98 Å². The summed E-state index contributed by atoms with van der Waals surface area (Å²) in [5.41, 5.74) is 1.40. The molecule has 1 aromatic carbocycles. The predicted octanol–water partition coefficient (Wildman–Crippen LogP) is 5.84. The molecule has 0 saturated carbocycles. The topological polar surface area (TPSA) is 104 Å². The number of hydrogen-bond donors (Lipinski definition) is 1. The Balaban J connectivity index is 1.67.